The van der Waals surface area contributed by atoms with E-state index in [9.17, 15) is 0 Å². The summed E-state index contributed by atoms with van der Waals surface area (Å²) in [5.41, 5.74) is 1.38. The molecule has 0 unspecified atom stereocenters. The summed E-state index contributed by atoms with van der Waals surface area (Å²) in [5.74, 6) is 0.892. The van der Waals surface area contributed by atoms with Gasteiger partial charge in [0, 0.05) is 7.11 Å². The number of hydrogen-bond acceptors (Lipinski definition) is 8. The average molecular weight is 529 g/mol. The molecule has 37 heavy (non-hydrogen) atoms. The number of unbranched alkanes of at least 4 members (excludes halogenated alkanes) is 5. The van der Waals surface area contributed by atoms with Crippen molar-refractivity contribution in [3.05, 3.63) is 29.8 Å². The average Bonchev–Trinajstić information content (AvgIpc) is 2.92. The Morgan fingerprint density at radius 3 is 1.32 bits per heavy atom. The minimum Gasteiger partial charge on any atom is -0.491 e. The van der Waals surface area contributed by atoms with Crippen LogP contribution in [0.25, 0.3) is 0 Å². The molecule has 1 rings (SSSR count). The molecule has 0 radical (unpaired) electrons. The second-order valence-corrected chi connectivity index (χ2v) is 8.68. The van der Waals surface area contributed by atoms with Crippen molar-refractivity contribution < 1.29 is 37.9 Å². The molecule has 216 valence electrons. The Morgan fingerprint density at radius 2 is 0.865 bits per heavy atom. The smallest absolute Gasteiger partial charge is 0.119 e. The minimum atomic E-state index is 0.535. The molecule has 0 fully saturated rings. The molecule has 0 spiro atoms. The van der Waals surface area contributed by atoms with Crippen molar-refractivity contribution in [1.29, 1.82) is 0 Å². The standard InChI is InChI=1S/C29H52O8/c1-3-4-5-6-7-8-9-28-10-12-29(13-11-28)37-27-26-36-25-24-35-23-22-34-21-20-33-19-18-32-17-16-31-15-14-30-2/h10-13H,3-9,14-27H2,1-2H3. The molecule has 0 heterocycles. The second kappa shape index (κ2) is 27.8. The van der Waals surface area contributed by atoms with Crippen molar-refractivity contribution in [2.24, 2.45) is 0 Å². The van der Waals surface area contributed by atoms with Gasteiger partial charge in [-0.3, -0.25) is 0 Å². The first-order chi connectivity index (χ1) is 18.4. The number of rotatable bonds is 29. The first-order valence-electron chi connectivity index (χ1n) is 14.0. The Bertz CT molecular complexity index is 570. The van der Waals surface area contributed by atoms with Gasteiger partial charge in [0.1, 0.15) is 12.4 Å². The molecule has 0 bridgehead atoms. The van der Waals surface area contributed by atoms with Gasteiger partial charge in [-0.05, 0) is 30.5 Å². The fraction of sp³-hybridized carbons (Fsp3) is 0.793. The van der Waals surface area contributed by atoms with Gasteiger partial charge in [0.2, 0.25) is 0 Å². The van der Waals surface area contributed by atoms with Crippen LogP contribution >= 0.6 is 0 Å². The largest absolute Gasteiger partial charge is 0.491 e. The normalized spacial score (nSPS) is 11.3. The van der Waals surface area contributed by atoms with Crippen molar-refractivity contribution in [2.45, 2.75) is 51.9 Å². The molecule has 0 amide bonds. The summed E-state index contributed by atoms with van der Waals surface area (Å²) in [6.07, 6.45) is 9.13. The zero-order chi connectivity index (χ0) is 26.5. The highest BCUT2D eigenvalue weighted by Gasteiger charge is 1.98. The number of methoxy groups -OCH3 is 1. The zero-order valence-electron chi connectivity index (χ0n) is 23.4. The van der Waals surface area contributed by atoms with Gasteiger partial charge in [-0.2, -0.15) is 0 Å². The van der Waals surface area contributed by atoms with Crippen LogP contribution < -0.4 is 4.74 Å². The molecule has 1 aromatic carbocycles. The van der Waals surface area contributed by atoms with E-state index in [-0.39, 0.29) is 0 Å². The van der Waals surface area contributed by atoms with E-state index in [1.54, 1.807) is 7.11 Å². The van der Waals surface area contributed by atoms with Crippen LogP contribution in [0.2, 0.25) is 0 Å². The van der Waals surface area contributed by atoms with Crippen molar-refractivity contribution in [2.75, 3.05) is 99.6 Å². The topological polar surface area (TPSA) is 73.8 Å². The third-order valence-corrected chi connectivity index (χ3v) is 5.53. The molecule has 0 N–H and O–H groups in total. The van der Waals surface area contributed by atoms with Gasteiger partial charge in [0.05, 0.1) is 85.9 Å². The lowest BCUT2D eigenvalue weighted by atomic mass is 10.0. The van der Waals surface area contributed by atoms with Gasteiger partial charge in [-0.25, -0.2) is 0 Å². The fourth-order valence-corrected chi connectivity index (χ4v) is 3.42. The van der Waals surface area contributed by atoms with Crippen LogP contribution in [0.15, 0.2) is 24.3 Å². The molecule has 0 saturated carbocycles. The molecular formula is C29H52O8. The van der Waals surface area contributed by atoms with E-state index in [2.05, 4.69) is 31.2 Å². The number of hydrogen-bond donors (Lipinski definition) is 0. The van der Waals surface area contributed by atoms with Crippen molar-refractivity contribution in [1.82, 2.24) is 0 Å². The number of aryl methyl sites for hydroxylation is 1. The maximum absolute atomic E-state index is 5.75. The first-order valence-corrected chi connectivity index (χ1v) is 14.0. The molecular weight excluding hydrogens is 476 g/mol. The van der Waals surface area contributed by atoms with Crippen LogP contribution in [0.5, 0.6) is 5.75 Å². The highest BCUT2D eigenvalue weighted by molar-refractivity contribution is 5.27. The van der Waals surface area contributed by atoms with Crippen LogP contribution in [0.4, 0.5) is 0 Å². The molecule has 0 aliphatic heterocycles. The quantitative estimate of drug-likeness (QED) is 0.138. The third-order valence-electron chi connectivity index (χ3n) is 5.53. The molecule has 0 aliphatic rings. The Hall–Kier alpha value is -1.26. The molecule has 1 aromatic rings. The lowest BCUT2D eigenvalue weighted by molar-refractivity contribution is -0.0199. The summed E-state index contributed by atoms with van der Waals surface area (Å²) in [6.45, 7) is 9.99. The van der Waals surface area contributed by atoms with Gasteiger partial charge >= 0.3 is 0 Å². The van der Waals surface area contributed by atoms with E-state index in [0.717, 1.165) is 12.2 Å². The van der Waals surface area contributed by atoms with Crippen LogP contribution in [0, 0.1) is 0 Å². The molecule has 0 saturated heterocycles. The van der Waals surface area contributed by atoms with Crippen molar-refractivity contribution in [3.8, 4) is 5.75 Å². The molecule has 0 aromatic heterocycles. The predicted molar refractivity (Wildman–Crippen MR) is 146 cm³/mol. The maximum Gasteiger partial charge on any atom is 0.119 e. The Kier molecular flexibility index (Phi) is 25.3. The monoisotopic (exact) mass is 528 g/mol. The Labute approximate surface area is 225 Å². The SMILES string of the molecule is CCCCCCCCc1ccc(OCCOCCOCCOCCOCCOCCOCCOC)cc1. The molecule has 0 atom stereocenters. The van der Waals surface area contributed by atoms with Gasteiger partial charge in [-0.1, -0.05) is 51.2 Å². The third kappa shape index (κ3) is 23.6. The van der Waals surface area contributed by atoms with Gasteiger partial charge in [0.25, 0.3) is 0 Å². The summed E-state index contributed by atoms with van der Waals surface area (Å²) in [5, 5.41) is 0. The first kappa shape index (κ1) is 33.8. The van der Waals surface area contributed by atoms with Crippen LogP contribution in [-0.4, -0.2) is 99.6 Å². The van der Waals surface area contributed by atoms with Crippen molar-refractivity contribution in [3.63, 3.8) is 0 Å². The van der Waals surface area contributed by atoms with E-state index < -0.39 is 0 Å². The summed E-state index contributed by atoms with van der Waals surface area (Å²) >= 11 is 0. The van der Waals surface area contributed by atoms with E-state index in [1.165, 1.54) is 44.1 Å². The Balaban J connectivity index is 1.77. The Morgan fingerprint density at radius 1 is 0.459 bits per heavy atom. The van der Waals surface area contributed by atoms with Gasteiger partial charge in [-0.15, -0.1) is 0 Å². The summed E-state index contributed by atoms with van der Waals surface area (Å²) < 4.78 is 43.3. The second-order valence-electron chi connectivity index (χ2n) is 8.68. The lowest BCUT2D eigenvalue weighted by Gasteiger charge is -2.09. The highest BCUT2D eigenvalue weighted by atomic mass is 16.6. The van der Waals surface area contributed by atoms with E-state index in [0.29, 0.717) is 92.5 Å². The maximum atomic E-state index is 5.75. The molecule has 8 nitrogen and oxygen atoms in total. The number of benzene rings is 1. The molecule has 8 heteroatoms. The highest BCUT2D eigenvalue weighted by Crippen LogP contribution is 2.15. The number of ether oxygens (including phenoxy) is 8. The van der Waals surface area contributed by atoms with Gasteiger partial charge in [0.15, 0.2) is 0 Å². The van der Waals surface area contributed by atoms with Crippen molar-refractivity contribution >= 4 is 0 Å². The zero-order valence-corrected chi connectivity index (χ0v) is 23.4. The fourth-order valence-electron chi connectivity index (χ4n) is 3.42. The minimum absolute atomic E-state index is 0.535. The van der Waals surface area contributed by atoms with E-state index in [4.69, 9.17) is 37.9 Å². The van der Waals surface area contributed by atoms with E-state index in [1.807, 2.05) is 0 Å². The summed E-state index contributed by atoms with van der Waals surface area (Å²) in [4.78, 5) is 0. The van der Waals surface area contributed by atoms with E-state index >= 15 is 0 Å². The summed E-state index contributed by atoms with van der Waals surface area (Å²) in [7, 11) is 1.65. The van der Waals surface area contributed by atoms with Crippen LogP contribution in [-0.2, 0) is 39.6 Å². The predicted octanol–water partition coefficient (Wildman–Crippen LogP) is 4.71. The van der Waals surface area contributed by atoms with Gasteiger partial charge < -0.3 is 37.9 Å². The van der Waals surface area contributed by atoms with Crippen LogP contribution in [0.3, 0.4) is 0 Å². The lowest BCUT2D eigenvalue weighted by Crippen LogP contribution is -2.15. The summed E-state index contributed by atoms with van der Waals surface area (Å²) in [6, 6.07) is 8.44. The molecule has 0 aliphatic carbocycles. The van der Waals surface area contributed by atoms with Crippen LogP contribution in [0.1, 0.15) is 51.0 Å².